The maximum Gasteiger partial charge on any atom is 0.160 e. The van der Waals surface area contributed by atoms with Crippen LogP contribution in [-0.4, -0.2) is 30.2 Å². The van der Waals surface area contributed by atoms with E-state index >= 15 is 0 Å². The molecule has 3 aliphatic rings. The van der Waals surface area contributed by atoms with Crippen LogP contribution < -0.4 is 4.74 Å². The predicted octanol–water partition coefficient (Wildman–Crippen LogP) is 3.74. The van der Waals surface area contributed by atoms with Gasteiger partial charge in [0.15, 0.2) is 11.5 Å². The molecule has 1 aliphatic carbocycles. The number of hydrogen-bond donors (Lipinski definition) is 1. The van der Waals surface area contributed by atoms with Crippen LogP contribution in [0.4, 0.5) is 0 Å². The van der Waals surface area contributed by atoms with Gasteiger partial charge < -0.3 is 9.84 Å². The third-order valence-electron chi connectivity index (χ3n) is 5.44. The van der Waals surface area contributed by atoms with E-state index in [9.17, 15) is 5.11 Å². The SMILES string of the molecule is CCC1=CC2=C(C1)CN1CCc3cc(OC)c(O)cc3[C@@H]1C2. The minimum absolute atomic E-state index is 0.263. The van der Waals surface area contributed by atoms with E-state index in [0.29, 0.717) is 11.8 Å². The number of aromatic hydroxyl groups is 1. The van der Waals surface area contributed by atoms with Crippen molar-refractivity contribution in [2.24, 2.45) is 0 Å². The Kier molecular flexibility index (Phi) is 3.26. The first-order valence-corrected chi connectivity index (χ1v) is 8.23. The van der Waals surface area contributed by atoms with Crippen LogP contribution in [0.3, 0.4) is 0 Å². The number of rotatable bonds is 2. The van der Waals surface area contributed by atoms with Crippen LogP contribution in [0, 0.1) is 0 Å². The van der Waals surface area contributed by atoms with E-state index in [-0.39, 0.29) is 5.75 Å². The Bertz CT molecular complexity index is 687. The van der Waals surface area contributed by atoms with E-state index in [1.54, 1.807) is 23.8 Å². The van der Waals surface area contributed by atoms with Crippen molar-refractivity contribution in [2.75, 3.05) is 20.2 Å². The lowest BCUT2D eigenvalue weighted by Gasteiger charge is -2.41. The molecular weight excluding hydrogens is 274 g/mol. The third kappa shape index (κ3) is 2.07. The largest absolute Gasteiger partial charge is 0.504 e. The molecule has 0 bridgehead atoms. The van der Waals surface area contributed by atoms with Crippen molar-refractivity contribution in [1.82, 2.24) is 4.90 Å². The fraction of sp³-hybridized carbons (Fsp3) is 0.474. The van der Waals surface area contributed by atoms with Gasteiger partial charge in [0.25, 0.3) is 0 Å². The highest BCUT2D eigenvalue weighted by Crippen LogP contribution is 2.45. The number of fused-ring (bicyclic) bond motifs is 3. The molecule has 3 heteroatoms. The van der Waals surface area contributed by atoms with Crippen LogP contribution in [-0.2, 0) is 6.42 Å². The summed E-state index contributed by atoms with van der Waals surface area (Å²) in [6.45, 7) is 4.44. The van der Waals surface area contributed by atoms with E-state index in [4.69, 9.17) is 4.74 Å². The molecule has 1 aromatic carbocycles. The normalized spacial score (nSPS) is 23.7. The van der Waals surface area contributed by atoms with Gasteiger partial charge in [-0.1, -0.05) is 18.6 Å². The first-order chi connectivity index (χ1) is 10.7. The molecule has 0 unspecified atom stereocenters. The van der Waals surface area contributed by atoms with Crippen LogP contribution in [0.2, 0.25) is 0 Å². The summed E-state index contributed by atoms with van der Waals surface area (Å²) in [5, 5.41) is 10.2. The van der Waals surface area contributed by atoms with Gasteiger partial charge in [-0.3, -0.25) is 4.90 Å². The topological polar surface area (TPSA) is 32.7 Å². The van der Waals surface area contributed by atoms with Crippen LogP contribution >= 0.6 is 0 Å². The van der Waals surface area contributed by atoms with Crippen LogP contribution in [0.1, 0.15) is 43.4 Å². The molecule has 2 heterocycles. The Labute approximate surface area is 131 Å². The molecule has 4 rings (SSSR count). The lowest BCUT2D eigenvalue weighted by Crippen LogP contribution is -2.39. The summed E-state index contributed by atoms with van der Waals surface area (Å²) in [7, 11) is 1.61. The standard InChI is InChI=1S/C19H23NO2/c1-3-12-6-14-8-17-16-10-18(21)19(22-2)9-13(16)4-5-20(17)11-15(14)7-12/h6,9-10,17,21H,3-5,7-8,11H2,1-2H3/t17-/m0/s1. The van der Waals surface area contributed by atoms with Crippen molar-refractivity contribution in [3.05, 3.63) is 46.1 Å². The van der Waals surface area contributed by atoms with Crippen molar-refractivity contribution >= 4 is 0 Å². The van der Waals surface area contributed by atoms with Crippen molar-refractivity contribution in [1.29, 1.82) is 0 Å². The second kappa shape index (κ2) is 5.17. The van der Waals surface area contributed by atoms with Gasteiger partial charge >= 0.3 is 0 Å². The van der Waals surface area contributed by atoms with E-state index in [0.717, 1.165) is 32.4 Å². The molecule has 0 fully saturated rings. The number of ether oxygens (including phenoxy) is 1. The molecule has 0 spiro atoms. The third-order valence-corrected chi connectivity index (χ3v) is 5.44. The van der Waals surface area contributed by atoms with Crippen molar-refractivity contribution in [3.63, 3.8) is 0 Å². The summed E-state index contributed by atoms with van der Waals surface area (Å²) < 4.78 is 5.26. The number of nitrogens with zero attached hydrogens (tertiary/aromatic N) is 1. The number of phenols is 1. The number of benzene rings is 1. The molecule has 3 nitrogen and oxygen atoms in total. The Hall–Kier alpha value is -1.74. The van der Waals surface area contributed by atoms with E-state index in [1.807, 2.05) is 12.1 Å². The van der Waals surface area contributed by atoms with Gasteiger partial charge in [0.1, 0.15) is 0 Å². The predicted molar refractivity (Wildman–Crippen MR) is 87.3 cm³/mol. The van der Waals surface area contributed by atoms with Gasteiger partial charge in [0.05, 0.1) is 7.11 Å². The highest BCUT2D eigenvalue weighted by atomic mass is 16.5. The molecule has 0 saturated carbocycles. The molecule has 0 aromatic heterocycles. The highest BCUT2D eigenvalue weighted by Gasteiger charge is 2.34. The van der Waals surface area contributed by atoms with Crippen LogP contribution in [0.15, 0.2) is 34.9 Å². The fourth-order valence-corrected chi connectivity index (χ4v) is 4.19. The monoisotopic (exact) mass is 297 g/mol. The Morgan fingerprint density at radius 2 is 2.23 bits per heavy atom. The molecule has 2 aliphatic heterocycles. The first-order valence-electron chi connectivity index (χ1n) is 8.23. The van der Waals surface area contributed by atoms with E-state index in [2.05, 4.69) is 17.9 Å². The molecule has 1 atom stereocenters. The quantitative estimate of drug-likeness (QED) is 0.902. The highest BCUT2D eigenvalue weighted by molar-refractivity contribution is 5.51. The lowest BCUT2D eigenvalue weighted by atomic mass is 9.84. The molecule has 22 heavy (non-hydrogen) atoms. The Morgan fingerprint density at radius 1 is 1.36 bits per heavy atom. The average molecular weight is 297 g/mol. The Balaban J connectivity index is 1.70. The minimum Gasteiger partial charge on any atom is -0.504 e. The first kappa shape index (κ1) is 13.9. The summed E-state index contributed by atoms with van der Waals surface area (Å²) in [6.07, 6.45) is 6.88. The zero-order valence-corrected chi connectivity index (χ0v) is 13.4. The number of methoxy groups -OCH3 is 1. The zero-order chi connectivity index (χ0) is 15.3. The Morgan fingerprint density at radius 3 is 3.00 bits per heavy atom. The molecule has 1 aromatic rings. The lowest BCUT2D eigenvalue weighted by molar-refractivity contribution is 0.187. The number of phenolic OH excluding ortho intramolecular Hbond substituents is 1. The van der Waals surface area contributed by atoms with Crippen LogP contribution in [0.25, 0.3) is 0 Å². The van der Waals surface area contributed by atoms with Crippen molar-refractivity contribution < 1.29 is 9.84 Å². The summed E-state index contributed by atoms with van der Waals surface area (Å²) in [6, 6.07) is 4.36. The van der Waals surface area contributed by atoms with Gasteiger partial charge in [0, 0.05) is 19.1 Å². The maximum atomic E-state index is 10.2. The molecular formula is C19H23NO2. The van der Waals surface area contributed by atoms with Gasteiger partial charge in [-0.2, -0.15) is 0 Å². The van der Waals surface area contributed by atoms with E-state index in [1.165, 1.54) is 17.5 Å². The van der Waals surface area contributed by atoms with Gasteiger partial charge in [-0.25, -0.2) is 0 Å². The smallest absolute Gasteiger partial charge is 0.160 e. The minimum atomic E-state index is 0.263. The van der Waals surface area contributed by atoms with Gasteiger partial charge in [-0.15, -0.1) is 0 Å². The zero-order valence-electron chi connectivity index (χ0n) is 13.4. The average Bonchev–Trinajstić information content (AvgIpc) is 2.94. The molecule has 116 valence electrons. The summed E-state index contributed by atoms with van der Waals surface area (Å²) >= 11 is 0. The van der Waals surface area contributed by atoms with Gasteiger partial charge in [0.2, 0.25) is 0 Å². The van der Waals surface area contributed by atoms with Crippen LogP contribution in [0.5, 0.6) is 11.5 Å². The van der Waals surface area contributed by atoms with Gasteiger partial charge in [-0.05, 0) is 60.1 Å². The summed E-state index contributed by atoms with van der Waals surface area (Å²) in [4.78, 5) is 2.58. The fourth-order valence-electron chi connectivity index (χ4n) is 4.19. The summed E-state index contributed by atoms with van der Waals surface area (Å²) in [5.74, 6) is 0.857. The molecule has 1 N–H and O–H groups in total. The van der Waals surface area contributed by atoms with E-state index < -0.39 is 0 Å². The van der Waals surface area contributed by atoms with Crippen molar-refractivity contribution in [2.45, 2.75) is 38.6 Å². The molecule has 0 saturated heterocycles. The molecule has 0 radical (unpaired) electrons. The maximum absolute atomic E-state index is 10.2. The second-order valence-corrected chi connectivity index (χ2v) is 6.62. The second-order valence-electron chi connectivity index (χ2n) is 6.62. The van der Waals surface area contributed by atoms with Crippen molar-refractivity contribution in [3.8, 4) is 11.5 Å². The number of hydrogen-bond acceptors (Lipinski definition) is 3. The number of allylic oxidation sites excluding steroid dienone is 2. The summed E-state index contributed by atoms with van der Waals surface area (Å²) in [5.41, 5.74) is 7.35. The molecule has 0 amide bonds.